The summed E-state index contributed by atoms with van der Waals surface area (Å²) in [6.45, 7) is 0. The van der Waals surface area contributed by atoms with Gasteiger partial charge in [-0.25, -0.2) is 12.8 Å². The molecule has 1 aliphatic carbocycles. The van der Waals surface area contributed by atoms with Gasteiger partial charge in [0.15, 0.2) is 9.84 Å². The van der Waals surface area contributed by atoms with Crippen molar-refractivity contribution in [1.29, 1.82) is 0 Å². The number of nitrogens with one attached hydrogen (secondary N) is 1. The number of sulfone groups is 1. The molecule has 1 atom stereocenters. The summed E-state index contributed by atoms with van der Waals surface area (Å²) >= 11 is 6.15. The first-order valence-corrected chi connectivity index (χ1v) is 11.1. The lowest BCUT2D eigenvalue weighted by molar-refractivity contribution is 0.0921. The number of rotatable bonds is 5. The highest BCUT2D eigenvalue weighted by molar-refractivity contribution is 7.90. The predicted molar refractivity (Wildman–Crippen MR) is 103 cm³/mol. The molecule has 0 bridgehead atoms. The van der Waals surface area contributed by atoms with Gasteiger partial charge in [-0.2, -0.15) is 0 Å². The largest absolute Gasteiger partial charge is 0.345 e. The van der Waals surface area contributed by atoms with Crippen molar-refractivity contribution in [3.63, 3.8) is 0 Å². The molecule has 0 radical (unpaired) electrons. The Labute approximate surface area is 163 Å². The van der Waals surface area contributed by atoms with E-state index in [4.69, 9.17) is 11.6 Å². The number of carbonyl (C=O) groups excluding carboxylic acids is 1. The van der Waals surface area contributed by atoms with Crippen LogP contribution in [0.5, 0.6) is 0 Å². The fourth-order valence-corrected chi connectivity index (χ4v) is 4.41. The van der Waals surface area contributed by atoms with Crippen molar-refractivity contribution >= 4 is 27.3 Å². The van der Waals surface area contributed by atoms with E-state index in [1.807, 2.05) is 0 Å². The van der Waals surface area contributed by atoms with E-state index in [1.165, 1.54) is 30.3 Å². The summed E-state index contributed by atoms with van der Waals surface area (Å²) in [6.07, 6.45) is 5.20. The minimum atomic E-state index is -3.46. The van der Waals surface area contributed by atoms with E-state index in [2.05, 4.69) is 5.32 Å². The van der Waals surface area contributed by atoms with E-state index in [0.717, 1.165) is 37.5 Å². The van der Waals surface area contributed by atoms with E-state index in [-0.39, 0.29) is 33.3 Å². The van der Waals surface area contributed by atoms with Gasteiger partial charge < -0.3 is 5.32 Å². The first kappa shape index (κ1) is 19.8. The SMILES string of the molecule is CS(=O)(=O)c1ccc(Cl)c(C(=O)N[C@@H](c2ccc(F)cc2)C2CCCC2)c1. The highest BCUT2D eigenvalue weighted by Gasteiger charge is 2.29. The molecule has 7 heteroatoms. The summed E-state index contributed by atoms with van der Waals surface area (Å²) in [6, 6.07) is 9.90. The lowest BCUT2D eigenvalue weighted by Gasteiger charge is -2.25. The number of hydrogen-bond acceptors (Lipinski definition) is 3. The standard InChI is InChI=1S/C20H21ClFNO3S/c1-27(25,26)16-10-11-18(21)17(12-16)20(24)23-19(13-4-2-3-5-13)14-6-8-15(22)9-7-14/h6-13,19H,2-5H2,1H3,(H,23,24)/t19-/m1/s1. The van der Waals surface area contributed by atoms with Gasteiger partial charge in [0.2, 0.25) is 0 Å². The average molecular weight is 410 g/mol. The minimum absolute atomic E-state index is 0.0382. The molecular formula is C20H21ClFNO3S. The first-order valence-electron chi connectivity index (χ1n) is 8.81. The highest BCUT2D eigenvalue weighted by atomic mass is 35.5. The van der Waals surface area contributed by atoms with Gasteiger partial charge in [0.25, 0.3) is 5.91 Å². The van der Waals surface area contributed by atoms with Crippen LogP contribution in [0.3, 0.4) is 0 Å². The number of benzene rings is 2. The zero-order chi connectivity index (χ0) is 19.6. The van der Waals surface area contributed by atoms with E-state index in [9.17, 15) is 17.6 Å². The summed E-state index contributed by atoms with van der Waals surface area (Å²) in [5, 5.41) is 3.17. The Morgan fingerprint density at radius 2 is 1.78 bits per heavy atom. The van der Waals surface area contributed by atoms with E-state index in [0.29, 0.717) is 0 Å². The van der Waals surface area contributed by atoms with Crippen LogP contribution in [0, 0.1) is 11.7 Å². The Kier molecular flexibility index (Phi) is 5.86. The quantitative estimate of drug-likeness (QED) is 0.788. The van der Waals surface area contributed by atoms with Gasteiger partial charge in [0, 0.05) is 6.26 Å². The second-order valence-corrected chi connectivity index (χ2v) is 9.38. The Balaban J connectivity index is 1.92. The van der Waals surface area contributed by atoms with Crippen LogP contribution >= 0.6 is 11.6 Å². The normalized spacial score (nSPS) is 16.3. The van der Waals surface area contributed by atoms with Crippen molar-refractivity contribution in [2.24, 2.45) is 5.92 Å². The Morgan fingerprint density at radius 3 is 2.37 bits per heavy atom. The van der Waals surface area contributed by atoms with Crippen LogP contribution in [0.1, 0.15) is 47.6 Å². The van der Waals surface area contributed by atoms with Crippen LogP contribution in [0.25, 0.3) is 0 Å². The maximum atomic E-state index is 13.3. The molecule has 0 aromatic heterocycles. The van der Waals surface area contributed by atoms with Crippen molar-refractivity contribution in [3.05, 3.63) is 64.4 Å². The number of amides is 1. The molecule has 2 aromatic carbocycles. The van der Waals surface area contributed by atoms with Crippen molar-refractivity contribution in [3.8, 4) is 0 Å². The van der Waals surface area contributed by atoms with Crippen molar-refractivity contribution < 1.29 is 17.6 Å². The zero-order valence-corrected chi connectivity index (χ0v) is 16.5. The van der Waals surface area contributed by atoms with Crippen molar-refractivity contribution in [1.82, 2.24) is 5.32 Å². The average Bonchev–Trinajstić information content (AvgIpc) is 3.14. The van der Waals surface area contributed by atoms with Crippen LogP contribution in [0.2, 0.25) is 5.02 Å². The Bertz CT molecular complexity index is 938. The molecule has 0 saturated heterocycles. The third kappa shape index (κ3) is 4.68. The van der Waals surface area contributed by atoms with Crippen LogP contribution < -0.4 is 5.32 Å². The number of carbonyl (C=O) groups is 1. The zero-order valence-electron chi connectivity index (χ0n) is 14.9. The van der Waals surface area contributed by atoms with Gasteiger partial charge in [0.05, 0.1) is 21.5 Å². The molecule has 3 rings (SSSR count). The van der Waals surface area contributed by atoms with E-state index >= 15 is 0 Å². The molecule has 4 nitrogen and oxygen atoms in total. The number of halogens is 2. The highest BCUT2D eigenvalue weighted by Crippen LogP contribution is 2.36. The Morgan fingerprint density at radius 1 is 1.15 bits per heavy atom. The number of hydrogen-bond donors (Lipinski definition) is 1. The van der Waals surface area contributed by atoms with Gasteiger partial charge in [-0.15, -0.1) is 0 Å². The maximum absolute atomic E-state index is 13.3. The monoisotopic (exact) mass is 409 g/mol. The fourth-order valence-electron chi connectivity index (χ4n) is 3.56. The van der Waals surface area contributed by atoms with E-state index in [1.54, 1.807) is 12.1 Å². The maximum Gasteiger partial charge on any atom is 0.253 e. The van der Waals surface area contributed by atoms with Crippen molar-refractivity contribution in [2.75, 3.05) is 6.26 Å². The molecule has 1 aliphatic rings. The molecule has 0 heterocycles. The van der Waals surface area contributed by atoms with Crippen molar-refractivity contribution in [2.45, 2.75) is 36.6 Å². The van der Waals surface area contributed by atoms with Crippen LogP contribution in [-0.2, 0) is 9.84 Å². The van der Waals surface area contributed by atoms with Crippen LogP contribution in [0.15, 0.2) is 47.4 Å². The molecule has 2 aromatic rings. The topological polar surface area (TPSA) is 63.2 Å². The lowest BCUT2D eigenvalue weighted by atomic mass is 9.91. The smallest absolute Gasteiger partial charge is 0.253 e. The molecule has 1 fully saturated rings. The van der Waals surface area contributed by atoms with Gasteiger partial charge in [-0.1, -0.05) is 36.6 Å². The molecule has 0 unspecified atom stereocenters. The van der Waals surface area contributed by atoms with Crippen LogP contribution in [0.4, 0.5) is 4.39 Å². The predicted octanol–water partition coefficient (Wildman–Crippen LogP) is 4.54. The molecular weight excluding hydrogens is 389 g/mol. The van der Waals surface area contributed by atoms with Gasteiger partial charge in [-0.3, -0.25) is 4.79 Å². The van der Waals surface area contributed by atoms with Gasteiger partial charge in [0.1, 0.15) is 5.82 Å². The first-order chi connectivity index (χ1) is 12.8. The Hall–Kier alpha value is -1.92. The lowest BCUT2D eigenvalue weighted by Crippen LogP contribution is -2.33. The van der Waals surface area contributed by atoms with Gasteiger partial charge >= 0.3 is 0 Å². The third-order valence-corrected chi connectivity index (χ3v) is 6.44. The molecule has 1 amide bonds. The molecule has 0 spiro atoms. The summed E-state index contributed by atoms with van der Waals surface area (Å²) in [5.74, 6) is -0.526. The second-order valence-electron chi connectivity index (χ2n) is 6.96. The summed E-state index contributed by atoms with van der Waals surface area (Å²) < 4.78 is 36.9. The third-order valence-electron chi connectivity index (χ3n) is 5.00. The second kappa shape index (κ2) is 7.98. The summed E-state index contributed by atoms with van der Waals surface area (Å²) in [5.41, 5.74) is 0.941. The minimum Gasteiger partial charge on any atom is -0.345 e. The summed E-state index contributed by atoms with van der Waals surface area (Å²) in [7, 11) is -3.46. The molecule has 1 saturated carbocycles. The van der Waals surface area contributed by atoms with Crippen LogP contribution in [-0.4, -0.2) is 20.6 Å². The van der Waals surface area contributed by atoms with Gasteiger partial charge in [-0.05, 0) is 54.7 Å². The fraction of sp³-hybridized carbons (Fsp3) is 0.350. The molecule has 27 heavy (non-hydrogen) atoms. The van der Waals surface area contributed by atoms with E-state index < -0.39 is 15.7 Å². The molecule has 144 valence electrons. The molecule has 1 N–H and O–H groups in total. The summed E-state index contributed by atoms with van der Waals surface area (Å²) in [4.78, 5) is 12.9. The molecule has 0 aliphatic heterocycles.